The quantitative estimate of drug-likeness (QED) is 0.167. The Balaban J connectivity index is 1.02. The molecule has 4 heteroatoms. The molecule has 2 aliphatic rings. The molecule has 0 amide bonds. The van der Waals surface area contributed by atoms with Gasteiger partial charge in [-0.25, -0.2) is 0 Å². The molecule has 3 heterocycles. The lowest BCUT2D eigenvalue weighted by Gasteiger charge is -2.45. The first kappa shape index (κ1) is 37.5. The van der Waals surface area contributed by atoms with Crippen LogP contribution in [0.3, 0.4) is 0 Å². The van der Waals surface area contributed by atoms with Crippen molar-refractivity contribution in [1.82, 2.24) is 0 Å². The van der Waals surface area contributed by atoms with Gasteiger partial charge in [-0.2, -0.15) is 0 Å². The molecule has 0 saturated carbocycles. The lowest BCUT2D eigenvalue weighted by Crippen LogP contribution is -2.36. The van der Waals surface area contributed by atoms with Crippen LogP contribution in [0.5, 0.6) is 0 Å². The summed E-state index contributed by atoms with van der Waals surface area (Å²) in [6.45, 7) is 0. The van der Waals surface area contributed by atoms with Crippen LogP contribution in [-0.4, -0.2) is 0 Å². The Hall–Kier alpha value is -8.86. The zero-order valence-corrected chi connectivity index (χ0v) is 36.3. The van der Waals surface area contributed by atoms with Gasteiger partial charge >= 0.3 is 0 Å². The molecule has 0 radical (unpaired) electrons. The highest BCUT2D eigenvalue weighted by atomic mass is 16.3. The van der Waals surface area contributed by atoms with Crippen LogP contribution in [0, 0.1) is 0 Å². The van der Waals surface area contributed by atoms with E-state index in [4.69, 9.17) is 8.83 Å². The van der Waals surface area contributed by atoms with Gasteiger partial charge in [0.15, 0.2) is 0 Å². The van der Waals surface area contributed by atoms with Gasteiger partial charge in [-0.05, 0) is 117 Å². The van der Waals surface area contributed by atoms with Gasteiger partial charge in [0.05, 0.1) is 22.5 Å². The van der Waals surface area contributed by atoms with Crippen molar-refractivity contribution < 1.29 is 8.83 Å². The van der Waals surface area contributed by atoms with Crippen LogP contribution in [0.4, 0.5) is 34.1 Å². The second-order valence-electron chi connectivity index (χ2n) is 17.6. The molecule has 14 rings (SSSR count). The molecular weight excluding hydrogens is 817 g/mol. The standard InChI is InChI=1S/C63H40N2O2/c1-3-17-41(18-4-1)42-33-35-52-59(40-66-61(52)38-42)64(45-22-15-19-43(37-45)47-25-16-26-51-50-24-8-14-32-60(50)67-62(47)51)46-34-36-49-48-23-7-9-27-53(48)63(56(49)39-46)54-28-10-12-30-57(54)65(44-20-5-2-6-21-44)58-31-13-11-29-55(58)63/h1-40H. The van der Waals surface area contributed by atoms with Crippen LogP contribution >= 0.6 is 0 Å². The smallest absolute Gasteiger partial charge is 0.143 e. The molecule has 0 bridgehead atoms. The fourth-order valence-electron chi connectivity index (χ4n) is 11.3. The minimum Gasteiger partial charge on any atom is -0.462 e. The minimum absolute atomic E-state index is 0.617. The summed E-state index contributed by atoms with van der Waals surface area (Å²) in [6, 6.07) is 85.5. The van der Waals surface area contributed by atoms with E-state index in [0.29, 0.717) is 0 Å². The SMILES string of the molecule is c1ccc(-c2ccc3c(N(c4cccc(-c5cccc6c5oc5ccccc56)c4)c4ccc5c(c4)C4(c6ccccc6-5)c5ccccc5N(c5ccccc5)c5ccccc54)coc3c2)cc1. The Bertz CT molecular complexity index is 3850. The Kier molecular flexibility index (Phi) is 8.16. The van der Waals surface area contributed by atoms with Crippen molar-refractivity contribution in [3.8, 4) is 33.4 Å². The van der Waals surface area contributed by atoms with Crippen molar-refractivity contribution in [2.75, 3.05) is 9.80 Å². The van der Waals surface area contributed by atoms with Crippen molar-refractivity contribution in [1.29, 1.82) is 0 Å². The topological polar surface area (TPSA) is 32.8 Å². The van der Waals surface area contributed by atoms with Crippen LogP contribution in [0.15, 0.2) is 252 Å². The first-order chi connectivity index (χ1) is 33.2. The molecule has 0 fully saturated rings. The average Bonchev–Trinajstić information content (AvgIpc) is 4.08. The third kappa shape index (κ3) is 5.47. The van der Waals surface area contributed by atoms with E-state index >= 15 is 0 Å². The van der Waals surface area contributed by atoms with Gasteiger partial charge in [0.2, 0.25) is 0 Å². The van der Waals surface area contributed by atoms with Crippen molar-refractivity contribution >= 4 is 67.0 Å². The predicted octanol–water partition coefficient (Wildman–Crippen LogP) is 17.3. The lowest BCUT2D eigenvalue weighted by atomic mass is 9.64. The van der Waals surface area contributed by atoms with E-state index in [0.717, 1.165) is 77.9 Å². The maximum atomic E-state index is 6.61. The highest BCUT2D eigenvalue weighted by molar-refractivity contribution is 6.10. The second kappa shape index (κ2) is 14.6. The number of furan rings is 2. The highest BCUT2D eigenvalue weighted by Crippen LogP contribution is 2.64. The largest absolute Gasteiger partial charge is 0.462 e. The minimum atomic E-state index is -0.617. The van der Waals surface area contributed by atoms with E-state index in [9.17, 15) is 0 Å². The van der Waals surface area contributed by atoms with Gasteiger partial charge in [-0.15, -0.1) is 0 Å². The molecule has 4 nitrogen and oxygen atoms in total. The van der Waals surface area contributed by atoms with E-state index in [-0.39, 0.29) is 0 Å². The third-order valence-electron chi connectivity index (χ3n) is 14.1. The van der Waals surface area contributed by atoms with Crippen molar-refractivity contribution in [3.05, 3.63) is 265 Å². The van der Waals surface area contributed by atoms with Crippen molar-refractivity contribution in [2.24, 2.45) is 0 Å². The molecule has 0 N–H and O–H groups in total. The normalized spacial score (nSPS) is 13.2. The third-order valence-corrected chi connectivity index (χ3v) is 14.1. The number of hydrogen-bond donors (Lipinski definition) is 0. The van der Waals surface area contributed by atoms with Gasteiger partial charge in [0.1, 0.15) is 23.0 Å². The van der Waals surface area contributed by atoms with Crippen LogP contribution < -0.4 is 9.80 Å². The molecule has 67 heavy (non-hydrogen) atoms. The van der Waals surface area contributed by atoms with Gasteiger partial charge in [0, 0.05) is 38.8 Å². The summed E-state index contributed by atoms with van der Waals surface area (Å²) >= 11 is 0. The van der Waals surface area contributed by atoms with Crippen LogP contribution in [0.25, 0.3) is 66.3 Å². The van der Waals surface area contributed by atoms with Crippen LogP contribution in [0.2, 0.25) is 0 Å². The fraction of sp³-hybridized carbons (Fsp3) is 0.0159. The summed E-state index contributed by atoms with van der Waals surface area (Å²) in [4.78, 5) is 4.81. The average molecular weight is 857 g/mol. The molecule has 0 atom stereocenters. The van der Waals surface area contributed by atoms with Crippen LogP contribution in [0.1, 0.15) is 22.3 Å². The summed E-state index contributed by atoms with van der Waals surface area (Å²) < 4.78 is 13.2. The second-order valence-corrected chi connectivity index (χ2v) is 17.6. The zero-order chi connectivity index (χ0) is 44.1. The Labute approximate surface area is 387 Å². The van der Waals surface area contributed by atoms with Crippen molar-refractivity contribution in [2.45, 2.75) is 5.41 Å². The number of anilines is 6. The number of para-hydroxylation sites is 5. The first-order valence-corrected chi connectivity index (χ1v) is 22.9. The molecule has 10 aromatic carbocycles. The summed E-state index contributed by atoms with van der Waals surface area (Å²) in [5.41, 5.74) is 20.3. The summed E-state index contributed by atoms with van der Waals surface area (Å²) in [7, 11) is 0. The van der Waals surface area contributed by atoms with Gasteiger partial charge in [0.25, 0.3) is 0 Å². The molecular formula is C63H40N2O2. The van der Waals surface area contributed by atoms with E-state index < -0.39 is 5.41 Å². The zero-order valence-electron chi connectivity index (χ0n) is 36.3. The van der Waals surface area contributed by atoms with Crippen LogP contribution in [-0.2, 0) is 5.41 Å². The maximum absolute atomic E-state index is 6.61. The van der Waals surface area contributed by atoms with E-state index in [2.05, 4.69) is 234 Å². The Morgan fingerprint density at radius 2 is 1.00 bits per heavy atom. The molecule has 314 valence electrons. The summed E-state index contributed by atoms with van der Waals surface area (Å²) in [5.74, 6) is 0. The molecule has 2 aromatic heterocycles. The monoisotopic (exact) mass is 856 g/mol. The summed E-state index contributed by atoms with van der Waals surface area (Å²) in [5, 5.41) is 3.24. The van der Waals surface area contributed by atoms with E-state index in [1.165, 1.54) is 44.8 Å². The first-order valence-electron chi connectivity index (χ1n) is 22.9. The molecule has 1 aliphatic carbocycles. The Morgan fingerprint density at radius 3 is 1.82 bits per heavy atom. The summed E-state index contributed by atoms with van der Waals surface area (Å²) in [6.07, 6.45) is 1.92. The molecule has 12 aromatic rings. The molecule has 0 saturated heterocycles. The lowest BCUT2D eigenvalue weighted by molar-refractivity contribution is 0.616. The fourth-order valence-corrected chi connectivity index (χ4v) is 11.3. The number of benzene rings is 10. The Morgan fingerprint density at radius 1 is 0.373 bits per heavy atom. The number of rotatable bonds is 6. The highest BCUT2D eigenvalue weighted by Gasteiger charge is 2.52. The molecule has 1 aliphatic heterocycles. The van der Waals surface area contributed by atoms with E-state index in [1.807, 2.05) is 18.4 Å². The maximum Gasteiger partial charge on any atom is 0.143 e. The van der Waals surface area contributed by atoms with Crippen molar-refractivity contribution in [3.63, 3.8) is 0 Å². The molecule has 0 unspecified atom stereocenters. The van der Waals surface area contributed by atoms with Gasteiger partial charge in [-0.1, -0.05) is 170 Å². The number of hydrogen-bond acceptors (Lipinski definition) is 4. The number of nitrogens with zero attached hydrogens (tertiary/aromatic N) is 2. The number of fused-ring (bicyclic) bond motifs is 13. The van der Waals surface area contributed by atoms with Gasteiger partial charge < -0.3 is 18.6 Å². The van der Waals surface area contributed by atoms with Gasteiger partial charge in [-0.3, -0.25) is 0 Å². The molecule has 1 spiro atoms. The predicted molar refractivity (Wildman–Crippen MR) is 275 cm³/mol. The van der Waals surface area contributed by atoms with E-state index in [1.54, 1.807) is 0 Å².